The van der Waals surface area contributed by atoms with Gasteiger partial charge in [0.2, 0.25) is 0 Å². The Morgan fingerprint density at radius 1 is 0.487 bits per heavy atom. The van der Waals surface area contributed by atoms with E-state index < -0.39 is 0 Å². The van der Waals surface area contributed by atoms with Crippen molar-refractivity contribution in [2.24, 2.45) is 0 Å². The smallest absolute Gasteiger partial charge is 0.0726 e. The molecule has 1 spiro atoms. The molecule has 7 aromatic rings. The van der Waals surface area contributed by atoms with Gasteiger partial charge in [-0.1, -0.05) is 119 Å². The zero-order valence-electron chi connectivity index (χ0n) is 21.0. The normalized spacial score (nSPS) is 14.0. The van der Waals surface area contributed by atoms with Crippen LogP contribution in [0.25, 0.3) is 49.7 Å². The molecule has 1 aromatic heterocycles. The summed E-state index contributed by atoms with van der Waals surface area (Å²) >= 11 is 3.75. The van der Waals surface area contributed by atoms with Crippen LogP contribution in [0, 0.1) is 0 Å². The third-order valence-corrected chi connectivity index (χ3v) is 9.36. The first-order valence-corrected chi connectivity index (χ1v) is 14.2. The number of fused-ring (bicyclic) bond motifs is 14. The van der Waals surface area contributed by atoms with Crippen molar-refractivity contribution in [2.75, 3.05) is 0 Å². The summed E-state index contributed by atoms with van der Waals surface area (Å²) in [4.78, 5) is 0. The molecule has 1 heterocycles. The summed E-state index contributed by atoms with van der Waals surface area (Å²) in [5, 5.41) is 2.54. The largest absolute Gasteiger partial charge is 0.309 e. The Hall–Kier alpha value is -4.40. The van der Waals surface area contributed by atoms with Gasteiger partial charge in [0.1, 0.15) is 0 Å². The van der Waals surface area contributed by atoms with Gasteiger partial charge in [-0.15, -0.1) is 0 Å². The molecule has 0 atom stereocenters. The minimum atomic E-state index is -0.341. The van der Waals surface area contributed by atoms with E-state index in [-0.39, 0.29) is 5.41 Å². The van der Waals surface area contributed by atoms with Crippen molar-refractivity contribution in [3.05, 3.63) is 160 Å². The Kier molecular flexibility index (Phi) is 4.19. The standard InChI is InChI=1S/C37H22BrN/c38-23-18-21-34-29(22-23)27-19-20-33-35(36(27)39(34)24-10-2-1-3-11-24)28-14-6-9-17-32(28)37(33)30-15-7-4-12-25(30)26-13-5-8-16-31(26)37/h1-22H. The van der Waals surface area contributed by atoms with Gasteiger partial charge in [-0.25, -0.2) is 0 Å². The highest BCUT2D eigenvalue weighted by molar-refractivity contribution is 9.10. The van der Waals surface area contributed by atoms with E-state index in [2.05, 4.69) is 154 Å². The first-order chi connectivity index (χ1) is 19.3. The van der Waals surface area contributed by atoms with Crippen molar-refractivity contribution in [3.8, 4) is 27.9 Å². The molecular weight excluding hydrogens is 538 g/mol. The van der Waals surface area contributed by atoms with Gasteiger partial charge in [0.25, 0.3) is 0 Å². The van der Waals surface area contributed by atoms with Crippen LogP contribution in [-0.4, -0.2) is 4.57 Å². The molecular formula is C37H22BrN. The number of aromatic nitrogens is 1. The maximum atomic E-state index is 3.75. The molecule has 39 heavy (non-hydrogen) atoms. The van der Waals surface area contributed by atoms with Crippen LogP contribution >= 0.6 is 15.9 Å². The Bertz CT molecular complexity index is 2090. The summed E-state index contributed by atoms with van der Waals surface area (Å²) < 4.78 is 3.57. The van der Waals surface area contributed by atoms with Crippen molar-refractivity contribution >= 4 is 37.7 Å². The lowest BCUT2D eigenvalue weighted by atomic mass is 9.70. The van der Waals surface area contributed by atoms with Gasteiger partial charge in [0, 0.05) is 26.5 Å². The molecule has 2 aliphatic carbocycles. The lowest BCUT2D eigenvalue weighted by Crippen LogP contribution is -2.25. The zero-order chi connectivity index (χ0) is 25.7. The monoisotopic (exact) mass is 559 g/mol. The molecule has 0 fully saturated rings. The number of halogens is 1. The van der Waals surface area contributed by atoms with Crippen molar-refractivity contribution in [1.82, 2.24) is 4.57 Å². The summed E-state index contributed by atoms with van der Waals surface area (Å²) in [5.41, 5.74) is 14.2. The van der Waals surface area contributed by atoms with Gasteiger partial charge < -0.3 is 4.57 Å². The topological polar surface area (TPSA) is 4.93 Å². The predicted molar refractivity (Wildman–Crippen MR) is 165 cm³/mol. The van der Waals surface area contributed by atoms with Crippen LogP contribution in [0.3, 0.4) is 0 Å². The summed E-state index contributed by atoms with van der Waals surface area (Å²) in [6.45, 7) is 0. The minimum absolute atomic E-state index is 0.341. The van der Waals surface area contributed by atoms with Crippen LogP contribution in [0.15, 0.2) is 138 Å². The molecule has 0 aliphatic heterocycles. The van der Waals surface area contributed by atoms with Crippen molar-refractivity contribution in [1.29, 1.82) is 0 Å². The fourth-order valence-electron chi connectivity index (χ4n) is 7.50. The molecule has 2 heteroatoms. The highest BCUT2D eigenvalue weighted by Crippen LogP contribution is 2.64. The van der Waals surface area contributed by atoms with Crippen molar-refractivity contribution in [2.45, 2.75) is 5.41 Å². The third-order valence-electron chi connectivity index (χ3n) is 8.86. The van der Waals surface area contributed by atoms with Crippen LogP contribution in [0.1, 0.15) is 22.3 Å². The number of para-hydroxylation sites is 1. The van der Waals surface area contributed by atoms with Gasteiger partial charge in [0.05, 0.1) is 16.4 Å². The first-order valence-electron chi connectivity index (χ1n) is 13.4. The van der Waals surface area contributed by atoms with Gasteiger partial charge >= 0.3 is 0 Å². The molecule has 0 amide bonds. The van der Waals surface area contributed by atoms with Crippen LogP contribution in [0.4, 0.5) is 0 Å². The van der Waals surface area contributed by atoms with E-state index in [1.165, 1.54) is 72.0 Å². The molecule has 0 saturated heterocycles. The maximum Gasteiger partial charge on any atom is 0.0726 e. The van der Waals surface area contributed by atoms with Gasteiger partial charge in [-0.2, -0.15) is 0 Å². The van der Waals surface area contributed by atoms with Gasteiger partial charge in [-0.05, 0) is 69.3 Å². The molecule has 0 bridgehead atoms. The third kappa shape index (κ3) is 2.55. The molecule has 0 radical (unpaired) electrons. The van der Waals surface area contributed by atoms with E-state index in [1.54, 1.807) is 0 Å². The van der Waals surface area contributed by atoms with Crippen LogP contribution in [0.5, 0.6) is 0 Å². The van der Waals surface area contributed by atoms with Crippen LogP contribution < -0.4 is 0 Å². The van der Waals surface area contributed by atoms with Crippen LogP contribution in [0.2, 0.25) is 0 Å². The molecule has 9 rings (SSSR count). The SMILES string of the molecule is Brc1ccc2c(c1)c1ccc3c(c1n2-c1ccccc1)-c1ccccc1C31c2ccccc2-c2ccccc21. The Labute approximate surface area is 235 Å². The van der Waals surface area contributed by atoms with Gasteiger partial charge in [-0.3, -0.25) is 0 Å². The Morgan fingerprint density at radius 3 is 1.77 bits per heavy atom. The summed E-state index contributed by atoms with van der Waals surface area (Å²) in [7, 11) is 0. The number of benzene rings is 6. The molecule has 1 nitrogen and oxygen atoms in total. The second-order valence-electron chi connectivity index (χ2n) is 10.6. The quantitative estimate of drug-likeness (QED) is 0.188. The summed E-state index contributed by atoms with van der Waals surface area (Å²) in [5.74, 6) is 0. The van der Waals surface area contributed by atoms with Crippen molar-refractivity contribution in [3.63, 3.8) is 0 Å². The molecule has 0 unspecified atom stereocenters. The number of rotatable bonds is 1. The highest BCUT2D eigenvalue weighted by Gasteiger charge is 2.52. The summed E-state index contributed by atoms with van der Waals surface area (Å²) in [6, 6.07) is 49.3. The average Bonchev–Trinajstić information content (AvgIpc) is 3.59. The fourth-order valence-corrected chi connectivity index (χ4v) is 7.86. The molecule has 2 aliphatic rings. The van der Waals surface area contributed by atoms with E-state index in [0.29, 0.717) is 0 Å². The maximum absolute atomic E-state index is 3.75. The number of hydrogen-bond donors (Lipinski definition) is 0. The fraction of sp³-hybridized carbons (Fsp3) is 0.0270. The minimum Gasteiger partial charge on any atom is -0.309 e. The van der Waals surface area contributed by atoms with E-state index >= 15 is 0 Å². The zero-order valence-corrected chi connectivity index (χ0v) is 22.6. The van der Waals surface area contributed by atoms with E-state index in [9.17, 15) is 0 Å². The van der Waals surface area contributed by atoms with Crippen LogP contribution in [-0.2, 0) is 5.41 Å². The average molecular weight is 560 g/mol. The van der Waals surface area contributed by atoms with E-state index in [4.69, 9.17) is 0 Å². The highest BCUT2D eigenvalue weighted by atomic mass is 79.9. The molecule has 182 valence electrons. The summed E-state index contributed by atoms with van der Waals surface area (Å²) in [6.07, 6.45) is 0. The van der Waals surface area contributed by atoms with Gasteiger partial charge in [0.15, 0.2) is 0 Å². The second-order valence-corrected chi connectivity index (χ2v) is 11.5. The van der Waals surface area contributed by atoms with E-state index in [0.717, 1.165) is 4.47 Å². The molecule has 0 saturated carbocycles. The Balaban J connectivity index is 1.54. The van der Waals surface area contributed by atoms with Crippen molar-refractivity contribution < 1.29 is 0 Å². The number of nitrogens with zero attached hydrogens (tertiary/aromatic N) is 1. The predicted octanol–water partition coefficient (Wildman–Crippen LogP) is 9.89. The lowest BCUT2D eigenvalue weighted by Gasteiger charge is -2.30. The second kappa shape index (κ2) is 7.59. The van der Waals surface area contributed by atoms with E-state index in [1.807, 2.05) is 0 Å². The number of hydrogen-bond acceptors (Lipinski definition) is 0. The Morgan fingerprint density at radius 2 is 1.08 bits per heavy atom. The lowest BCUT2D eigenvalue weighted by molar-refractivity contribution is 0.794. The molecule has 0 N–H and O–H groups in total. The molecule has 6 aromatic carbocycles. The first kappa shape index (κ1) is 21.5.